The van der Waals surface area contributed by atoms with Crippen LogP contribution >= 0.6 is 0 Å². The van der Waals surface area contributed by atoms with Crippen LogP contribution in [-0.4, -0.2) is 30.3 Å². The number of hydrogen-bond donors (Lipinski definition) is 1. The quantitative estimate of drug-likeness (QED) is 0.717. The van der Waals surface area contributed by atoms with Crippen molar-refractivity contribution in [1.29, 1.82) is 0 Å². The van der Waals surface area contributed by atoms with Crippen LogP contribution in [0.1, 0.15) is 73.4 Å². The standard InChI is InChI=1S/C23H37NO4/c1-21(2,3)17-12-10-16(11-13-17)14-18(15-27-19(25)22(4,5)6)24-20(26)28-23(7,8)9/h10-13,18H,14-15H2,1-9H3,(H,24,26). The van der Waals surface area contributed by atoms with Gasteiger partial charge in [0.15, 0.2) is 0 Å². The fourth-order valence-electron chi connectivity index (χ4n) is 2.44. The van der Waals surface area contributed by atoms with Gasteiger partial charge in [-0.25, -0.2) is 4.79 Å². The zero-order valence-corrected chi connectivity index (χ0v) is 18.9. The van der Waals surface area contributed by atoms with Gasteiger partial charge in [-0.3, -0.25) is 4.79 Å². The van der Waals surface area contributed by atoms with Crippen molar-refractivity contribution in [3.05, 3.63) is 35.4 Å². The third-order valence-corrected chi connectivity index (χ3v) is 4.05. The van der Waals surface area contributed by atoms with Gasteiger partial charge in [0, 0.05) is 0 Å². The second-order valence-electron chi connectivity index (χ2n) is 10.3. The van der Waals surface area contributed by atoms with Crippen molar-refractivity contribution in [2.75, 3.05) is 6.61 Å². The normalized spacial score (nSPS) is 13.6. The molecule has 0 aromatic heterocycles. The van der Waals surface area contributed by atoms with E-state index in [1.807, 2.05) is 20.8 Å². The summed E-state index contributed by atoms with van der Waals surface area (Å²) in [7, 11) is 0. The van der Waals surface area contributed by atoms with Crippen LogP contribution in [0.25, 0.3) is 0 Å². The molecule has 1 amide bonds. The van der Waals surface area contributed by atoms with Crippen molar-refractivity contribution in [2.24, 2.45) is 5.41 Å². The van der Waals surface area contributed by atoms with Crippen molar-refractivity contribution in [1.82, 2.24) is 5.32 Å². The Bertz CT molecular complexity index is 658. The summed E-state index contributed by atoms with van der Waals surface area (Å²) in [5.74, 6) is -0.299. The van der Waals surface area contributed by atoms with Gasteiger partial charge >= 0.3 is 12.1 Å². The van der Waals surface area contributed by atoms with Gasteiger partial charge in [-0.05, 0) is 64.5 Å². The molecule has 0 aliphatic rings. The van der Waals surface area contributed by atoms with Crippen LogP contribution in [0.15, 0.2) is 24.3 Å². The minimum absolute atomic E-state index is 0.0783. The lowest BCUT2D eigenvalue weighted by Gasteiger charge is -2.25. The zero-order valence-electron chi connectivity index (χ0n) is 18.9. The molecule has 28 heavy (non-hydrogen) atoms. The average molecular weight is 392 g/mol. The Morgan fingerprint density at radius 1 is 0.929 bits per heavy atom. The third-order valence-electron chi connectivity index (χ3n) is 4.05. The van der Waals surface area contributed by atoms with Gasteiger partial charge in [0.25, 0.3) is 0 Å². The van der Waals surface area contributed by atoms with Crippen molar-refractivity contribution in [3.8, 4) is 0 Å². The summed E-state index contributed by atoms with van der Waals surface area (Å²) in [6, 6.07) is 7.93. The Morgan fingerprint density at radius 3 is 1.89 bits per heavy atom. The predicted molar refractivity (Wildman–Crippen MR) is 112 cm³/mol. The molecule has 1 rings (SSSR count). The van der Waals surface area contributed by atoms with Crippen LogP contribution in [-0.2, 0) is 26.1 Å². The molecule has 0 aliphatic carbocycles. The molecule has 1 aromatic rings. The first-order valence-corrected chi connectivity index (χ1v) is 9.84. The molecule has 5 nitrogen and oxygen atoms in total. The topological polar surface area (TPSA) is 64.6 Å². The monoisotopic (exact) mass is 391 g/mol. The Hall–Kier alpha value is -2.04. The van der Waals surface area contributed by atoms with E-state index in [1.165, 1.54) is 5.56 Å². The van der Waals surface area contributed by atoms with Gasteiger partial charge in [-0.15, -0.1) is 0 Å². The van der Waals surface area contributed by atoms with Gasteiger partial charge in [0.05, 0.1) is 11.5 Å². The summed E-state index contributed by atoms with van der Waals surface area (Å²) in [6.45, 7) is 17.4. The highest BCUT2D eigenvalue weighted by atomic mass is 16.6. The number of ether oxygens (including phenoxy) is 2. The van der Waals surface area contributed by atoms with Crippen LogP contribution < -0.4 is 5.32 Å². The van der Waals surface area contributed by atoms with E-state index in [1.54, 1.807) is 20.8 Å². The highest BCUT2D eigenvalue weighted by Crippen LogP contribution is 2.23. The van der Waals surface area contributed by atoms with E-state index < -0.39 is 17.1 Å². The van der Waals surface area contributed by atoms with Crippen LogP contribution in [0.2, 0.25) is 0 Å². The average Bonchev–Trinajstić information content (AvgIpc) is 2.49. The van der Waals surface area contributed by atoms with Crippen molar-refractivity contribution >= 4 is 12.1 Å². The summed E-state index contributed by atoms with van der Waals surface area (Å²) in [5.41, 5.74) is 1.19. The van der Waals surface area contributed by atoms with Crippen molar-refractivity contribution in [2.45, 2.75) is 85.8 Å². The number of nitrogens with one attached hydrogen (secondary N) is 1. The minimum Gasteiger partial charge on any atom is -0.463 e. The molecule has 0 spiro atoms. The molecular formula is C23H37NO4. The number of hydrogen-bond acceptors (Lipinski definition) is 4. The van der Waals surface area contributed by atoms with E-state index in [0.717, 1.165) is 5.56 Å². The highest BCUT2D eigenvalue weighted by Gasteiger charge is 2.26. The number of benzene rings is 1. The number of amides is 1. The lowest BCUT2D eigenvalue weighted by molar-refractivity contribution is -0.153. The molecule has 0 heterocycles. The number of carbonyl (C=O) groups is 2. The zero-order chi connectivity index (χ0) is 21.8. The minimum atomic E-state index is -0.592. The van der Waals surface area contributed by atoms with Crippen LogP contribution in [0.4, 0.5) is 4.79 Å². The lowest BCUT2D eigenvalue weighted by Crippen LogP contribution is -2.43. The molecule has 1 aromatic carbocycles. The number of carbonyl (C=O) groups excluding carboxylic acids is 2. The lowest BCUT2D eigenvalue weighted by atomic mass is 9.86. The van der Waals surface area contributed by atoms with E-state index in [9.17, 15) is 9.59 Å². The molecule has 0 aliphatic heterocycles. The summed E-state index contributed by atoms with van der Waals surface area (Å²) >= 11 is 0. The predicted octanol–water partition coefficient (Wildman–Crippen LogP) is 5.01. The third kappa shape index (κ3) is 8.77. The fraction of sp³-hybridized carbons (Fsp3) is 0.652. The van der Waals surface area contributed by atoms with Gasteiger partial charge < -0.3 is 14.8 Å². The largest absolute Gasteiger partial charge is 0.463 e. The first-order chi connectivity index (χ1) is 12.6. The summed E-state index contributed by atoms with van der Waals surface area (Å²) in [5, 5.41) is 2.84. The first-order valence-electron chi connectivity index (χ1n) is 9.84. The Kier molecular flexibility index (Phi) is 7.69. The molecule has 0 bridgehead atoms. The fourth-order valence-corrected chi connectivity index (χ4v) is 2.44. The maximum absolute atomic E-state index is 12.2. The summed E-state index contributed by atoms with van der Waals surface area (Å²) in [4.78, 5) is 24.3. The molecule has 158 valence electrons. The maximum atomic E-state index is 12.2. The highest BCUT2D eigenvalue weighted by molar-refractivity contribution is 5.75. The van der Waals surface area contributed by atoms with Gasteiger partial charge in [0.1, 0.15) is 12.2 Å². The molecule has 0 saturated carbocycles. The van der Waals surface area contributed by atoms with Gasteiger partial charge in [-0.1, -0.05) is 45.0 Å². The summed E-state index contributed by atoms with van der Waals surface area (Å²) in [6.07, 6.45) is 0.0248. The van der Waals surface area contributed by atoms with Crippen molar-refractivity contribution in [3.63, 3.8) is 0 Å². The molecule has 5 heteroatoms. The van der Waals surface area contributed by atoms with Crippen LogP contribution in [0.3, 0.4) is 0 Å². The Labute approximate surface area is 170 Å². The molecule has 0 fully saturated rings. The SMILES string of the molecule is CC(C)(C)OC(=O)NC(COC(=O)C(C)(C)C)Cc1ccc(C(C)(C)C)cc1. The second kappa shape index (κ2) is 8.97. The van der Waals surface area contributed by atoms with E-state index in [2.05, 4.69) is 50.4 Å². The molecule has 1 unspecified atom stereocenters. The molecule has 0 saturated heterocycles. The van der Waals surface area contributed by atoms with E-state index >= 15 is 0 Å². The summed E-state index contributed by atoms with van der Waals surface area (Å²) < 4.78 is 10.8. The maximum Gasteiger partial charge on any atom is 0.408 e. The number of alkyl carbamates (subject to hydrolysis) is 1. The number of esters is 1. The van der Waals surface area contributed by atoms with E-state index in [-0.39, 0.29) is 24.0 Å². The molecule has 0 radical (unpaired) electrons. The smallest absolute Gasteiger partial charge is 0.408 e. The van der Waals surface area contributed by atoms with Gasteiger partial charge in [-0.2, -0.15) is 0 Å². The van der Waals surface area contributed by atoms with Gasteiger partial charge in [0.2, 0.25) is 0 Å². The van der Waals surface area contributed by atoms with Crippen molar-refractivity contribution < 1.29 is 19.1 Å². The van der Waals surface area contributed by atoms with Crippen LogP contribution in [0, 0.1) is 5.41 Å². The van der Waals surface area contributed by atoms with Crippen LogP contribution in [0.5, 0.6) is 0 Å². The number of rotatable bonds is 5. The molecule has 1 atom stereocenters. The first kappa shape index (κ1) is 24.0. The molecular weight excluding hydrogens is 354 g/mol. The second-order valence-corrected chi connectivity index (χ2v) is 10.3. The van der Waals surface area contributed by atoms with E-state index in [0.29, 0.717) is 6.42 Å². The Morgan fingerprint density at radius 2 is 1.46 bits per heavy atom. The molecule has 1 N–H and O–H groups in total. The van der Waals surface area contributed by atoms with E-state index in [4.69, 9.17) is 9.47 Å². The Balaban J connectivity index is 2.87.